The Hall–Kier alpha value is -2.05. The van der Waals surface area contributed by atoms with E-state index in [1.54, 1.807) is 20.8 Å². The van der Waals surface area contributed by atoms with Crippen LogP contribution < -0.4 is 5.32 Å². The second kappa shape index (κ2) is 9.05. The van der Waals surface area contributed by atoms with Crippen LogP contribution in [0.2, 0.25) is 0 Å². The number of methoxy groups -OCH3 is 1. The number of carbonyl (C=O) groups is 3. The Morgan fingerprint density at radius 1 is 1.31 bits per heavy atom. The van der Waals surface area contributed by atoms with E-state index < -0.39 is 35.6 Å². The first-order valence-corrected chi connectivity index (χ1v) is 9.12. The van der Waals surface area contributed by atoms with Crippen molar-refractivity contribution < 1.29 is 23.9 Å². The van der Waals surface area contributed by atoms with Gasteiger partial charge in [-0.15, -0.1) is 0 Å². The molecule has 7 heteroatoms. The molecule has 1 aliphatic heterocycles. The molecular formula is C19H32N2O5. The fraction of sp³-hybridized carbons (Fsp3) is 0.737. The molecule has 0 aromatic rings. The van der Waals surface area contributed by atoms with Gasteiger partial charge in [-0.1, -0.05) is 27.2 Å². The highest BCUT2D eigenvalue weighted by Gasteiger charge is 2.41. The lowest BCUT2D eigenvalue weighted by Crippen LogP contribution is -2.53. The van der Waals surface area contributed by atoms with Crippen molar-refractivity contribution in [2.24, 2.45) is 5.92 Å². The lowest BCUT2D eigenvalue weighted by atomic mass is 10.0. The van der Waals surface area contributed by atoms with Crippen molar-refractivity contribution >= 4 is 17.9 Å². The molecular weight excluding hydrogens is 336 g/mol. The smallest absolute Gasteiger partial charge is 0.408 e. The Kier molecular flexibility index (Phi) is 7.66. The van der Waals surface area contributed by atoms with Crippen LogP contribution in [0, 0.1) is 5.92 Å². The van der Waals surface area contributed by atoms with Gasteiger partial charge in [0.1, 0.15) is 17.4 Å². The molecule has 0 aromatic carbocycles. The van der Waals surface area contributed by atoms with Gasteiger partial charge < -0.3 is 14.8 Å². The number of hydrogen-bond donors (Lipinski definition) is 1. The fourth-order valence-electron chi connectivity index (χ4n) is 2.88. The van der Waals surface area contributed by atoms with Gasteiger partial charge in [-0.3, -0.25) is 14.5 Å². The molecule has 1 N–H and O–H groups in total. The van der Waals surface area contributed by atoms with E-state index in [9.17, 15) is 14.4 Å². The summed E-state index contributed by atoms with van der Waals surface area (Å²) in [6.07, 6.45) is 2.48. The molecule has 7 nitrogen and oxygen atoms in total. The molecule has 2 atom stereocenters. The molecule has 148 valence electrons. The van der Waals surface area contributed by atoms with Crippen LogP contribution in [0.15, 0.2) is 11.8 Å². The van der Waals surface area contributed by atoms with Gasteiger partial charge in [0.15, 0.2) is 0 Å². The van der Waals surface area contributed by atoms with E-state index in [1.807, 2.05) is 20.8 Å². The zero-order valence-electron chi connectivity index (χ0n) is 16.9. The Bertz CT molecular complexity index is 563. The van der Waals surface area contributed by atoms with E-state index in [-0.39, 0.29) is 5.92 Å². The highest BCUT2D eigenvalue weighted by Crippen LogP contribution is 2.26. The third-order valence-corrected chi connectivity index (χ3v) is 3.87. The van der Waals surface area contributed by atoms with Crippen molar-refractivity contribution in [2.75, 3.05) is 7.11 Å². The molecule has 0 aliphatic carbocycles. The maximum absolute atomic E-state index is 13.1. The van der Waals surface area contributed by atoms with Crippen LogP contribution in [0.1, 0.15) is 60.8 Å². The molecule has 3 amide bonds. The van der Waals surface area contributed by atoms with Gasteiger partial charge in [0.2, 0.25) is 0 Å². The van der Waals surface area contributed by atoms with Crippen molar-refractivity contribution in [3.05, 3.63) is 11.8 Å². The number of alkyl carbamates (subject to hydrolysis) is 1. The number of ether oxygens (including phenoxy) is 2. The molecule has 0 fully saturated rings. The first-order chi connectivity index (χ1) is 12.0. The maximum Gasteiger partial charge on any atom is 0.408 e. The molecule has 0 aromatic heterocycles. The molecule has 0 unspecified atom stereocenters. The number of carbonyl (C=O) groups excluding carboxylic acids is 3. The summed E-state index contributed by atoms with van der Waals surface area (Å²) < 4.78 is 10.5. The van der Waals surface area contributed by atoms with Crippen LogP contribution in [-0.2, 0) is 19.1 Å². The lowest BCUT2D eigenvalue weighted by Gasteiger charge is -2.30. The quantitative estimate of drug-likeness (QED) is 0.747. The van der Waals surface area contributed by atoms with E-state index in [2.05, 4.69) is 5.32 Å². The zero-order chi connectivity index (χ0) is 20.1. The molecule has 0 spiro atoms. The van der Waals surface area contributed by atoms with Crippen LogP contribution in [0.25, 0.3) is 0 Å². The molecule has 0 bridgehead atoms. The minimum absolute atomic E-state index is 0.149. The molecule has 1 aliphatic rings. The van der Waals surface area contributed by atoms with E-state index in [4.69, 9.17) is 9.47 Å². The summed E-state index contributed by atoms with van der Waals surface area (Å²) in [6.45, 7) is 11.1. The average molecular weight is 368 g/mol. The summed E-state index contributed by atoms with van der Waals surface area (Å²) >= 11 is 0. The monoisotopic (exact) mass is 368 g/mol. The molecule has 0 saturated carbocycles. The topological polar surface area (TPSA) is 84.9 Å². The highest BCUT2D eigenvalue weighted by atomic mass is 16.6. The van der Waals surface area contributed by atoms with Crippen molar-refractivity contribution in [3.8, 4) is 0 Å². The van der Waals surface area contributed by atoms with E-state index >= 15 is 0 Å². The summed E-state index contributed by atoms with van der Waals surface area (Å²) in [5, 5.41) is 2.63. The minimum atomic E-state index is -0.835. The second-order valence-electron chi connectivity index (χ2n) is 7.93. The molecule has 1 rings (SSSR count). The van der Waals surface area contributed by atoms with Crippen molar-refractivity contribution in [1.82, 2.24) is 10.2 Å². The summed E-state index contributed by atoms with van der Waals surface area (Å²) in [7, 11) is 1.49. The van der Waals surface area contributed by atoms with Gasteiger partial charge in [-0.05, 0) is 39.5 Å². The SMILES string of the molecule is CCC[C@@H]1C(OC)=CC(=O)N1C(=O)[C@H](CC(C)C)NC(=O)OC(C)(C)C. The third kappa shape index (κ3) is 6.04. The Labute approximate surface area is 156 Å². The fourth-order valence-corrected chi connectivity index (χ4v) is 2.88. The van der Waals surface area contributed by atoms with Gasteiger partial charge in [0, 0.05) is 6.08 Å². The highest BCUT2D eigenvalue weighted by molar-refractivity contribution is 6.06. The summed E-state index contributed by atoms with van der Waals surface area (Å²) in [5.41, 5.74) is -0.672. The Morgan fingerprint density at radius 2 is 1.92 bits per heavy atom. The molecule has 1 heterocycles. The van der Waals surface area contributed by atoms with Crippen LogP contribution in [0.5, 0.6) is 0 Å². The number of nitrogens with zero attached hydrogens (tertiary/aromatic N) is 1. The number of rotatable bonds is 7. The average Bonchev–Trinajstić information content (AvgIpc) is 2.79. The number of nitrogens with one attached hydrogen (secondary N) is 1. The van der Waals surface area contributed by atoms with Gasteiger partial charge in [-0.25, -0.2) is 4.79 Å². The predicted octanol–water partition coefficient (Wildman–Crippen LogP) is 2.99. The third-order valence-electron chi connectivity index (χ3n) is 3.87. The van der Waals surface area contributed by atoms with Gasteiger partial charge >= 0.3 is 6.09 Å². The number of hydrogen-bond acceptors (Lipinski definition) is 5. The summed E-state index contributed by atoms with van der Waals surface area (Å²) in [5.74, 6) is -0.219. The van der Waals surface area contributed by atoms with Crippen molar-refractivity contribution in [2.45, 2.75) is 78.5 Å². The second-order valence-corrected chi connectivity index (χ2v) is 7.93. The molecule has 26 heavy (non-hydrogen) atoms. The lowest BCUT2D eigenvalue weighted by molar-refractivity contribution is -0.145. The van der Waals surface area contributed by atoms with Crippen LogP contribution in [-0.4, -0.2) is 47.6 Å². The Balaban J connectivity index is 3.00. The minimum Gasteiger partial charge on any atom is -0.499 e. The summed E-state index contributed by atoms with van der Waals surface area (Å²) in [6, 6.07) is -1.27. The molecule has 0 radical (unpaired) electrons. The maximum atomic E-state index is 13.1. The first kappa shape index (κ1) is 22.0. The summed E-state index contributed by atoms with van der Waals surface area (Å²) in [4.78, 5) is 38.8. The van der Waals surface area contributed by atoms with Gasteiger partial charge in [-0.2, -0.15) is 0 Å². The van der Waals surface area contributed by atoms with Crippen LogP contribution >= 0.6 is 0 Å². The van der Waals surface area contributed by atoms with Gasteiger partial charge in [0.05, 0.1) is 13.2 Å². The molecule has 0 saturated heterocycles. The van der Waals surface area contributed by atoms with E-state index in [1.165, 1.54) is 18.1 Å². The standard InChI is InChI=1S/C19H32N2O5/c1-8-9-14-15(25-7)11-16(22)21(14)17(23)13(10-12(2)3)20-18(24)26-19(4,5)6/h11-14H,8-10H2,1-7H3,(H,20,24)/t13-,14+/m0/s1. The number of imide groups is 1. The van der Waals surface area contributed by atoms with Crippen molar-refractivity contribution in [1.29, 1.82) is 0 Å². The largest absolute Gasteiger partial charge is 0.499 e. The van der Waals surface area contributed by atoms with E-state index in [0.29, 0.717) is 18.6 Å². The zero-order valence-corrected chi connectivity index (χ0v) is 16.9. The van der Waals surface area contributed by atoms with Gasteiger partial charge in [0.25, 0.3) is 11.8 Å². The predicted molar refractivity (Wildman–Crippen MR) is 98.3 cm³/mol. The normalized spacial score (nSPS) is 18.6. The van der Waals surface area contributed by atoms with Crippen molar-refractivity contribution in [3.63, 3.8) is 0 Å². The first-order valence-electron chi connectivity index (χ1n) is 9.12. The van der Waals surface area contributed by atoms with Crippen LogP contribution in [0.4, 0.5) is 4.79 Å². The van der Waals surface area contributed by atoms with Crippen LogP contribution in [0.3, 0.4) is 0 Å². The Morgan fingerprint density at radius 3 is 2.38 bits per heavy atom. The number of amides is 3. The van der Waals surface area contributed by atoms with E-state index in [0.717, 1.165) is 6.42 Å².